The van der Waals surface area contributed by atoms with Crippen LogP contribution in [0, 0.1) is 5.92 Å². The van der Waals surface area contributed by atoms with Crippen LogP contribution in [-0.4, -0.2) is 51.4 Å². The minimum atomic E-state index is -1.24. The summed E-state index contributed by atoms with van der Waals surface area (Å²) in [7, 11) is 0. The zero-order valence-electron chi connectivity index (χ0n) is 11.6. The number of rotatable bonds is 3. The predicted octanol–water partition coefficient (Wildman–Crippen LogP) is 1.32. The fourth-order valence-corrected chi connectivity index (χ4v) is 2.52. The van der Waals surface area contributed by atoms with E-state index in [1.54, 1.807) is 4.90 Å². The van der Waals surface area contributed by atoms with Crippen molar-refractivity contribution in [2.75, 3.05) is 18.5 Å². The molecule has 7 heteroatoms. The standard InChI is InChI=1S/C14H18N2O5/c1-8-4-5-16(11(8)7-17)14(21)15-9-2-3-10(13(19)20)12(18)6-9/h2-3,6,8,11,17-18H,4-5,7H2,1H3,(H,15,21)(H,19,20). The van der Waals surface area contributed by atoms with Gasteiger partial charge in [-0.2, -0.15) is 0 Å². The maximum absolute atomic E-state index is 12.2. The molecule has 0 spiro atoms. The van der Waals surface area contributed by atoms with Gasteiger partial charge in [0.05, 0.1) is 12.6 Å². The Bertz CT molecular complexity index is 560. The number of urea groups is 1. The number of aromatic hydroxyl groups is 1. The molecule has 2 unspecified atom stereocenters. The number of hydrogen-bond acceptors (Lipinski definition) is 4. The lowest BCUT2D eigenvalue weighted by Gasteiger charge is -2.25. The van der Waals surface area contributed by atoms with Crippen molar-refractivity contribution in [1.29, 1.82) is 0 Å². The average molecular weight is 294 g/mol. The lowest BCUT2D eigenvalue weighted by Crippen LogP contribution is -2.42. The molecule has 2 atom stereocenters. The molecule has 2 amide bonds. The SMILES string of the molecule is CC1CCN(C(=O)Nc2ccc(C(=O)O)c(O)c2)C1CO. The molecular formula is C14H18N2O5. The Morgan fingerprint density at radius 2 is 2.14 bits per heavy atom. The van der Waals surface area contributed by atoms with Crippen LogP contribution in [-0.2, 0) is 0 Å². The molecule has 1 aliphatic heterocycles. The quantitative estimate of drug-likeness (QED) is 0.672. The Kier molecular flexibility index (Phi) is 4.32. The topological polar surface area (TPSA) is 110 Å². The minimum Gasteiger partial charge on any atom is -0.507 e. The van der Waals surface area contributed by atoms with Crippen LogP contribution in [0.2, 0.25) is 0 Å². The van der Waals surface area contributed by atoms with Crippen LogP contribution in [0.4, 0.5) is 10.5 Å². The number of benzene rings is 1. The first kappa shape index (κ1) is 15.1. The van der Waals surface area contributed by atoms with Crippen molar-refractivity contribution in [2.45, 2.75) is 19.4 Å². The third kappa shape index (κ3) is 3.08. The Morgan fingerprint density at radius 3 is 2.71 bits per heavy atom. The molecule has 0 radical (unpaired) electrons. The van der Waals surface area contributed by atoms with Gasteiger partial charge in [-0.15, -0.1) is 0 Å². The Labute approximate surface area is 121 Å². The van der Waals surface area contributed by atoms with E-state index >= 15 is 0 Å². The minimum absolute atomic E-state index is 0.0994. The van der Waals surface area contributed by atoms with E-state index in [9.17, 15) is 19.8 Å². The zero-order valence-corrected chi connectivity index (χ0v) is 11.6. The van der Waals surface area contributed by atoms with Crippen LogP contribution in [0.1, 0.15) is 23.7 Å². The fraction of sp³-hybridized carbons (Fsp3) is 0.429. The van der Waals surface area contributed by atoms with Crippen molar-refractivity contribution in [1.82, 2.24) is 4.90 Å². The van der Waals surface area contributed by atoms with Crippen molar-refractivity contribution in [3.8, 4) is 5.75 Å². The number of hydrogen-bond donors (Lipinski definition) is 4. The highest BCUT2D eigenvalue weighted by molar-refractivity contribution is 5.94. The number of carboxylic acid groups (broad SMARTS) is 1. The van der Waals surface area contributed by atoms with Crippen LogP contribution in [0.3, 0.4) is 0 Å². The molecule has 1 fully saturated rings. The number of aliphatic hydroxyl groups is 1. The van der Waals surface area contributed by atoms with Gasteiger partial charge in [-0.25, -0.2) is 9.59 Å². The highest BCUT2D eigenvalue weighted by atomic mass is 16.4. The summed E-state index contributed by atoms with van der Waals surface area (Å²) in [5.41, 5.74) is 0.0785. The summed E-state index contributed by atoms with van der Waals surface area (Å²) in [6, 6.07) is 3.23. The molecule has 1 saturated heterocycles. The van der Waals surface area contributed by atoms with Gasteiger partial charge in [0.25, 0.3) is 0 Å². The van der Waals surface area contributed by atoms with Crippen LogP contribution in [0.25, 0.3) is 0 Å². The Morgan fingerprint density at radius 1 is 1.43 bits per heavy atom. The van der Waals surface area contributed by atoms with Gasteiger partial charge in [-0.3, -0.25) is 0 Å². The maximum atomic E-state index is 12.2. The molecule has 0 saturated carbocycles. The zero-order chi connectivity index (χ0) is 15.6. The summed E-state index contributed by atoms with van der Waals surface area (Å²) < 4.78 is 0. The first-order chi connectivity index (χ1) is 9.93. The molecule has 0 aliphatic carbocycles. The van der Waals surface area contributed by atoms with Crippen molar-refractivity contribution < 1.29 is 24.9 Å². The van der Waals surface area contributed by atoms with Crippen molar-refractivity contribution in [2.24, 2.45) is 5.92 Å². The Hall–Kier alpha value is -2.28. The number of aliphatic hydroxyl groups excluding tert-OH is 1. The number of anilines is 1. The number of phenols is 1. The fourth-order valence-electron chi connectivity index (χ4n) is 2.52. The first-order valence-corrected chi connectivity index (χ1v) is 6.68. The van der Waals surface area contributed by atoms with Crippen LogP contribution >= 0.6 is 0 Å². The molecule has 21 heavy (non-hydrogen) atoms. The summed E-state index contributed by atoms with van der Waals surface area (Å²) in [5.74, 6) is -1.42. The molecule has 4 N–H and O–H groups in total. The van der Waals surface area contributed by atoms with Gasteiger partial charge in [0, 0.05) is 18.3 Å². The second kappa shape index (κ2) is 6.01. The molecule has 1 aliphatic rings. The molecule has 7 nitrogen and oxygen atoms in total. The van der Waals surface area contributed by atoms with E-state index in [2.05, 4.69) is 5.32 Å². The van der Waals surface area contributed by atoms with E-state index in [-0.39, 0.29) is 30.2 Å². The maximum Gasteiger partial charge on any atom is 0.339 e. The smallest absolute Gasteiger partial charge is 0.339 e. The van der Waals surface area contributed by atoms with Gasteiger partial charge in [-0.05, 0) is 24.5 Å². The highest BCUT2D eigenvalue weighted by Gasteiger charge is 2.33. The van der Waals surface area contributed by atoms with Crippen molar-refractivity contribution >= 4 is 17.7 Å². The van der Waals surface area contributed by atoms with Gasteiger partial charge < -0.3 is 25.5 Å². The second-order valence-electron chi connectivity index (χ2n) is 5.18. The van der Waals surface area contributed by atoms with E-state index < -0.39 is 11.7 Å². The van der Waals surface area contributed by atoms with Crippen LogP contribution < -0.4 is 5.32 Å². The van der Waals surface area contributed by atoms with Gasteiger partial charge >= 0.3 is 12.0 Å². The number of carbonyl (C=O) groups is 2. The molecule has 0 bridgehead atoms. The van der Waals surface area contributed by atoms with Gasteiger partial charge in [0.1, 0.15) is 11.3 Å². The van der Waals surface area contributed by atoms with Crippen molar-refractivity contribution in [3.63, 3.8) is 0 Å². The molecule has 1 aromatic carbocycles. The van der Waals surface area contributed by atoms with Crippen LogP contribution in [0.15, 0.2) is 18.2 Å². The van der Waals surface area contributed by atoms with Crippen molar-refractivity contribution in [3.05, 3.63) is 23.8 Å². The normalized spacial score (nSPS) is 21.3. The molecule has 1 heterocycles. The highest BCUT2D eigenvalue weighted by Crippen LogP contribution is 2.26. The number of aromatic carboxylic acids is 1. The molecule has 114 valence electrons. The van der Waals surface area contributed by atoms with E-state index in [1.165, 1.54) is 18.2 Å². The molecule has 2 rings (SSSR count). The van der Waals surface area contributed by atoms with E-state index in [0.717, 1.165) is 6.42 Å². The summed E-state index contributed by atoms with van der Waals surface area (Å²) in [5, 5.41) is 30.4. The summed E-state index contributed by atoms with van der Waals surface area (Å²) >= 11 is 0. The van der Waals surface area contributed by atoms with E-state index in [0.29, 0.717) is 12.2 Å². The Balaban J connectivity index is 2.10. The van der Waals surface area contributed by atoms with Gasteiger partial charge in [0.15, 0.2) is 0 Å². The number of nitrogens with zero attached hydrogens (tertiary/aromatic N) is 1. The lowest BCUT2D eigenvalue weighted by atomic mass is 10.0. The number of nitrogens with one attached hydrogen (secondary N) is 1. The predicted molar refractivity (Wildman–Crippen MR) is 75.4 cm³/mol. The van der Waals surface area contributed by atoms with Gasteiger partial charge in [-0.1, -0.05) is 6.92 Å². The molecule has 1 aromatic rings. The van der Waals surface area contributed by atoms with E-state index in [4.69, 9.17) is 5.11 Å². The van der Waals surface area contributed by atoms with Crippen LogP contribution in [0.5, 0.6) is 5.75 Å². The molecule has 0 aromatic heterocycles. The number of carboxylic acids is 1. The van der Waals surface area contributed by atoms with Gasteiger partial charge in [0.2, 0.25) is 0 Å². The third-order valence-corrected chi connectivity index (χ3v) is 3.81. The third-order valence-electron chi connectivity index (χ3n) is 3.81. The average Bonchev–Trinajstić information content (AvgIpc) is 2.79. The summed E-state index contributed by atoms with van der Waals surface area (Å²) in [6.07, 6.45) is 0.821. The van der Waals surface area contributed by atoms with E-state index in [1.807, 2.05) is 6.92 Å². The first-order valence-electron chi connectivity index (χ1n) is 6.68. The number of likely N-dealkylation sites (tertiary alicyclic amines) is 1. The second-order valence-corrected chi connectivity index (χ2v) is 5.18. The molecular weight excluding hydrogens is 276 g/mol. The summed E-state index contributed by atoms with van der Waals surface area (Å²) in [6.45, 7) is 2.43. The number of carbonyl (C=O) groups excluding carboxylic acids is 1. The largest absolute Gasteiger partial charge is 0.507 e. The number of amides is 2. The monoisotopic (exact) mass is 294 g/mol. The summed E-state index contributed by atoms with van der Waals surface area (Å²) in [4.78, 5) is 24.5. The lowest BCUT2D eigenvalue weighted by molar-refractivity contribution is 0.0694.